The molecule has 134 valence electrons. The first-order valence-corrected chi connectivity index (χ1v) is 9.18. The zero-order valence-corrected chi connectivity index (χ0v) is 15.5. The molecule has 0 aromatic heterocycles. The van der Waals surface area contributed by atoms with Gasteiger partial charge in [0.15, 0.2) is 6.61 Å². The monoisotopic (exact) mass is 368 g/mol. The zero-order valence-electron chi connectivity index (χ0n) is 14.7. The number of hydrogen-bond donors (Lipinski definition) is 1. The molecule has 4 nitrogen and oxygen atoms in total. The molecule has 0 heterocycles. The van der Waals surface area contributed by atoms with Crippen molar-refractivity contribution in [3.63, 3.8) is 0 Å². The topological polar surface area (TPSA) is 62.1 Å². The smallest absolute Gasteiger partial charge is 0.258 e. The zero-order chi connectivity index (χ0) is 18.5. The van der Waals surface area contributed by atoms with Crippen molar-refractivity contribution < 1.29 is 9.53 Å². The number of rotatable bonds is 5. The standard InChI is InChI=1S/C21H21ClN2O2/c1-14(17-8-7-16-4-2-3-5-18(16)11-17)24-21(25)13-26-20-9-6-15(12-23)10-19(20)22/h6-11,14H,2-5,13H2,1H3,(H,24,25)/t14-/m0/s1. The van der Waals surface area contributed by atoms with Crippen LogP contribution in [0.2, 0.25) is 5.02 Å². The van der Waals surface area contributed by atoms with Gasteiger partial charge in [-0.1, -0.05) is 29.8 Å². The number of benzene rings is 2. The third-order valence-corrected chi connectivity index (χ3v) is 4.97. The molecule has 5 heteroatoms. The molecule has 0 unspecified atom stereocenters. The molecule has 26 heavy (non-hydrogen) atoms. The summed E-state index contributed by atoms with van der Waals surface area (Å²) >= 11 is 6.05. The molecule has 0 saturated heterocycles. The number of nitrogens with zero attached hydrogens (tertiary/aromatic N) is 1. The van der Waals surface area contributed by atoms with E-state index >= 15 is 0 Å². The summed E-state index contributed by atoms with van der Waals surface area (Å²) < 4.78 is 5.47. The number of hydrogen-bond acceptors (Lipinski definition) is 3. The maximum absolute atomic E-state index is 12.2. The van der Waals surface area contributed by atoms with Crippen molar-refractivity contribution in [3.05, 3.63) is 63.7 Å². The van der Waals surface area contributed by atoms with Crippen LogP contribution in [-0.2, 0) is 17.6 Å². The average Bonchev–Trinajstić information content (AvgIpc) is 2.66. The van der Waals surface area contributed by atoms with Gasteiger partial charge in [0.2, 0.25) is 0 Å². The van der Waals surface area contributed by atoms with Crippen LogP contribution < -0.4 is 10.1 Å². The molecule has 1 aliphatic rings. The average molecular weight is 369 g/mol. The second-order valence-corrected chi connectivity index (χ2v) is 6.98. The summed E-state index contributed by atoms with van der Waals surface area (Å²) in [6, 6.07) is 13.1. The van der Waals surface area contributed by atoms with E-state index in [2.05, 4.69) is 23.5 Å². The molecule has 2 aromatic carbocycles. The lowest BCUT2D eigenvalue weighted by Crippen LogP contribution is -2.31. The van der Waals surface area contributed by atoms with Crippen molar-refractivity contribution >= 4 is 17.5 Å². The second-order valence-electron chi connectivity index (χ2n) is 6.57. The van der Waals surface area contributed by atoms with Crippen LogP contribution in [0.3, 0.4) is 0 Å². The van der Waals surface area contributed by atoms with Crippen LogP contribution >= 0.6 is 11.6 Å². The van der Waals surface area contributed by atoms with Crippen LogP contribution in [0.4, 0.5) is 0 Å². The van der Waals surface area contributed by atoms with Gasteiger partial charge in [0.05, 0.1) is 22.7 Å². The first-order chi connectivity index (χ1) is 12.6. The van der Waals surface area contributed by atoms with E-state index in [4.69, 9.17) is 21.6 Å². The van der Waals surface area contributed by atoms with Gasteiger partial charge in [-0.25, -0.2) is 0 Å². The summed E-state index contributed by atoms with van der Waals surface area (Å²) in [6.07, 6.45) is 4.75. The Kier molecular flexibility index (Phi) is 5.80. The molecule has 0 aliphatic heterocycles. The molecule has 0 spiro atoms. The Morgan fingerprint density at radius 1 is 1.23 bits per heavy atom. The number of aryl methyl sites for hydroxylation is 2. The van der Waals surface area contributed by atoms with Crippen molar-refractivity contribution in [1.82, 2.24) is 5.32 Å². The van der Waals surface area contributed by atoms with Crippen LogP contribution in [0.1, 0.15) is 48.1 Å². The fourth-order valence-electron chi connectivity index (χ4n) is 3.22. The summed E-state index contributed by atoms with van der Waals surface area (Å²) in [5, 5.41) is 12.1. The van der Waals surface area contributed by atoms with E-state index in [9.17, 15) is 4.79 Å². The number of ether oxygens (including phenoxy) is 1. The molecule has 1 aliphatic carbocycles. The van der Waals surface area contributed by atoms with Crippen LogP contribution in [0, 0.1) is 11.3 Å². The van der Waals surface area contributed by atoms with Crippen molar-refractivity contribution in [2.45, 2.75) is 38.6 Å². The molecule has 1 N–H and O–H groups in total. The van der Waals surface area contributed by atoms with Gasteiger partial charge in [0, 0.05) is 0 Å². The van der Waals surface area contributed by atoms with E-state index in [0.717, 1.165) is 18.4 Å². The lowest BCUT2D eigenvalue weighted by atomic mass is 9.89. The van der Waals surface area contributed by atoms with Crippen LogP contribution in [0.5, 0.6) is 5.75 Å². The van der Waals surface area contributed by atoms with Gasteiger partial charge in [0.1, 0.15) is 5.75 Å². The van der Waals surface area contributed by atoms with Crippen molar-refractivity contribution in [3.8, 4) is 11.8 Å². The highest BCUT2D eigenvalue weighted by atomic mass is 35.5. The summed E-state index contributed by atoms with van der Waals surface area (Å²) in [6.45, 7) is 1.85. The molecular weight excluding hydrogens is 348 g/mol. The predicted molar refractivity (Wildman–Crippen MR) is 101 cm³/mol. The number of fused-ring (bicyclic) bond motifs is 1. The largest absolute Gasteiger partial charge is 0.482 e. The summed E-state index contributed by atoms with van der Waals surface area (Å²) in [5.74, 6) is 0.179. The maximum Gasteiger partial charge on any atom is 0.258 e. The van der Waals surface area contributed by atoms with Crippen molar-refractivity contribution in [2.24, 2.45) is 0 Å². The Hall–Kier alpha value is -2.51. The first kappa shape index (κ1) is 18.3. The number of carbonyl (C=O) groups excluding carboxylic acids is 1. The summed E-state index contributed by atoms with van der Waals surface area (Å²) in [5.41, 5.74) is 4.39. The Morgan fingerprint density at radius 3 is 2.73 bits per heavy atom. The van der Waals surface area contributed by atoms with Crippen LogP contribution in [0.15, 0.2) is 36.4 Å². The minimum Gasteiger partial charge on any atom is -0.482 e. The minimum atomic E-state index is -0.212. The van der Waals surface area contributed by atoms with E-state index in [0.29, 0.717) is 16.3 Å². The second kappa shape index (κ2) is 8.25. The number of halogens is 1. The summed E-state index contributed by atoms with van der Waals surface area (Å²) in [4.78, 5) is 12.2. The Labute approximate surface area is 158 Å². The van der Waals surface area contributed by atoms with Gasteiger partial charge >= 0.3 is 0 Å². The van der Waals surface area contributed by atoms with E-state index in [1.807, 2.05) is 13.0 Å². The fourth-order valence-corrected chi connectivity index (χ4v) is 3.46. The summed E-state index contributed by atoms with van der Waals surface area (Å²) in [7, 11) is 0. The van der Waals surface area contributed by atoms with Gasteiger partial charge in [-0.05, 0) is 67.5 Å². The number of nitriles is 1. The van der Waals surface area contributed by atoms with Gasteiger partial charge in [-0.15, -0.1) is 0 Å². The van der Waals surface area contributed by atoms with Gasteiger partial charge in [-0.3, -0.25) is 4.79 Å². The molecule has 3 rings (SSSR count). The van der Waals surface area contributed by atoms with Crippen molar-refractivity contribution in [1.29, 1.82) is 5.26 Å². The fraction of sp³-hybridized carbons (Fsp3) is 0.333. The lowest BCUT2D eigenvalue weighted by molar-refractivity contribution is -0.123. The molecule has 1 atom stereocenters. The number of nitrogens with one attached hydrogen (secondary N) is 1. The van der Waals surface area contributed by atoms with E-state index < -0.39 is 0 Å². The third-order valence-electron chi connectivity index (χ3n) is 4.67. The van der Waals surface area contributed by atoms with E-state index in [-0.39, 0.29) is 18.6 Å². The molecule has 2 aromatic rings. The van der Waals surface area contributed by atoms with Gasteiger partial charge < -0.3 is 10.1 Å². The van der Waals surface area contributed by atoms with Crippen molar-refractivity contribution in [2.75, 3.05) is 6.61 Å². The predicted octanol–water partition coefficient (Wildman–Crippen LogP) is 4.35. The van der Waals surface area contributed by atoms with Gasteiger partial charge in [0.25, 0.3) is 5.91 Å². The molecular formula is C21H21ClN2O2. The normalized spacial score (nSPS) is 14.0. The first-order valence-electron chi connectivity index (χ1n) is 8.80. The van der Waals surface area contributed by atoms with Gasteiger partial charge in [-0.2, -0.15) is 5.26 Å². The molecule has 0 bridgehead atoms. The maximum atomic E-state index is 12.2. The SMILES string of the molecule is C[C@H](NC(=O)COc1ccc(C#N)cc1Cl)c1ccc2c(c1)CCCC2. The number of amides is 1. The highest BCUT2D eigenvalue weighted by Crippen LogP contribution is 2.26. The Balaban J connectivity index is 1.57. The third kappa shape index (κ3) is 4.36. The molecule has 1 amide bonds. The Bertz CT molecular complexity index is 858. The quantitative estimate of drug-likeness (QED) is 0.853. The van der Waals surface area contributed by atoms with Crippen LogP contribution in [0.25, 0.3) is 0 Å². The van der Waals surface area contributed by atoms with E-state index in [1.165, 1.54) is 30.0 Å². The van der Waals surface area contributed by atoms with E-state index in [1.54, 1.807) is 12.1 Å². The number of carbonyl (C=O) groups is 1. The van der Waals surface area contributed by atoms with Crippen LogP contribution in [-0.4, -0.2) is 12.5 Å². The minimum absolute atomic E-state index is 0.0882. The lowest BCUT2D eigenvalue weighted by Gasteiger charge is -2.20. The highest BCUT2D eigenvalue weighted by Gasteiger charge is 2.15. The highest BCUT2D eigenvalue weighted by molar-refractivity contribution is 6.32. The molecule has 0 saturated carbocycles. The molecule has 0 fully saturated rings. The Morgan fingerprint density at radius 2 is 2.00 bits per heavy atom. The molecule has 0 radical (unpaired) electrons.